The van der Waals surface area contributed by atoms with Crippen LogP contribution in [0.4, 0.5) is 28.9 Å². The maximum Gasteiger partial charge on any atom is 0.362 e. The zero-order valence-corrected chi connectivity index (χ0v) is 30.0. The van der Waals surface area contributed by atoms with Crippen LogP contribution in [0.25, 0.3) is 16.8 Å². The van der Waals surface area contributed by atoms with Crippen molar-refractivity contribution in [3.8, 4) is 16.8 Å². The minimum absolute atomic E-state index is 0.0713. The number of halogens is 4. The van der Waals surface area contributed by atoms with Crippen molar-refractivity contribution in [2.24, 2.45) is 5.41 Å². The van der Waals surface area contributed by atoms with Crippen molar-refractivity contribution < 1.29 is 17.6 Å². The molecule has 0 bridgehead atoms. The molecule has 54 heavy (non-hydrogen) atoms. The summed E-state index contributed by atoms with van der Waals surface area (Å²) in [6.45, 7) is 10.7. The number of pyridine rings is 1. The van der Waals surface area contributed by atoms with Crippen LogP contribution < -0.4 is 21.2 Å². The Morgan fingerprint density at radius 2 is 1.35 bits per heavy atom. The highest BCUT2D eigenvalue weighted by Gasteiger charge is 2.58. The van der Waals surface area contributed by atoms with Crippen LogP contribution in [0.2, 0.25) is 0 Å². The molecule has 1 saturated heterocycles. The molecule has 1 atom stereocenters. The Hall–Kier alpha value is -6.06. The highest BCUT2D eigenvalue weighted by Crippen LogP contribution is 2.47. The minimum atomic E-state index is -4.01. The van der Waals surface area contributed by atoms with Gasteiger partial charge >= 0.3 is 17.3 Å². The largest absolute Gasteiger partial charge is 0.368 e. The quantitative estimate of drug-likeness (QED) is 0.191. The molecule has 12 nitrogen and oxygen atoms in total. The fraction of sp³-hybridized carbons (Fsp3) is 0.316. The van der Waals surface area contributed by atoms with Gasteiger partial charge in [0.05, 0.1) is 12.2 Å². The molecule has 0 unspecified atom stereocenters. The lowest BCUT2D eigenvalue weighted by atomic mass is 9.83. The van der Waals surface area contributed by atoms with Crippen molar-refractivity contribution >= 4 is 11.4 Å². The smallest absolute Gasteiger partial charge is 0.362 e. The van der Waals surface area contributed by atoms with Crippen molar-refractivity contribution in [2.45, 2.75) is 45.7 Å². The number of tetrazole rings is 1. The summed E-state index contributed by atoms with van der Waals surface area (Å²) in [6.07, 6.45) is 2.84. The van der Waals surface area contributed by atoms with E-state index in [1.807, 2.05) is 53.6 Å². The molecule has 280 valence electrons. The van der Waals surface area contributed by atoms with E-state index < -0.39 is 40.0 Å². The molecule has 7 rings (SSSR count). The molecule has 1 aliphatic rings. The first-order chi connectivity index (χ1) is 25.7. The van der Waals surface area contributed by atoms with E-state index >= 15 is 8.78 Å². The van der Waals surface area contributed by atoms with E-state index in [2.05, 4.69) is 51.1 Å². The molecule has 0 aliphatic carbocycles. The van der Waals surface area contributed by atoms with E-state index in [0.29, 0.717) is 22.9 Å². The molecule has 0 amide bonds. The van der Waals surface area contributed by atoms with Crippen LogP contribution in [0.5, 0.6) is 0 Å². The fourth-order valence-corrected chi connectivity index (χ4v) is 6.77. The topological polar surface area (TPSA) is 123 Å². The van der Waals surface area contributed by atoms with Crippen LogP contribution in [0.3, 0.4) is 0 Å². The Kier molecular flexibility index (Phi) is 9.23. The second kappa shape index (κ2) is 13.7. The predicted octanol–water partition coefficient (Wildman–Crippen LogP) is 5.58. The Morgan fingerprint density at radius 1 is 0.759 bits per heavy atom. The van der Waals surface area contributed by atoms with Crippen molar-refractivity contribution in [3.05, 3.63) is 135 Å². The van der Waals surface area contributed by atoms with Crippen LogP contribution in [-0.2, 0) is 18.0 Å². The Labute approximate surface area is 307 Å². The third-order valence-corrected chi connectivity index (χ3v) is 9.74. The van der Waals surface area contributed by atoms with Crippen molar-refractivity contribution in [1.29, 1.82) is 0 Å². The lowest BCUT2D eigenvalue weighted by Gasteiger charge is -2.37. The monoisotopic (exact) mass is 742 g/mol. The molecule has 0 radical (unpaired) electrons. The third-order valence-electron chi connectivity index (χ3n) is 9.74. The molecule has 0 saturated carbocycles. The van der Waals surface area contributed by atoms with E-state index in [1.54, 1.807) is 10.9 Å². The SMILES string of the molecule is CC(C)(C)Cn1ncn(-c2ccc(N3CCN(c4ccc(-c5ccc(C(F)(F)[C@@](C)(c6ccc(F)cc6F)n6nn[nH]c6=O)nc5)cc4)CC3)cc2)c1=O. The van der Waals surface area contributed by atoms with Gasteiger partial charge in [0.1, 0.15) is 23.7 Å². The Morgan fingerprint density at radius 3 is 1.89 bits per heavy atom. The summed E-state index contributed by atoms with van der Waals surface area (Å²) in [5.41, 5.74) is -1.41. The van der Waals surface area contributed by atoms with Gasteiger partial charge in [0, 0.05) is 60.9 Å². The van der Waals surface area contributed by atoms with Crippen LogP contribution in [-0.4, -0.2) is 65.7 Å². The number of aromatic nitrogens is 8. The number of hydrogen-bond acceptors (Lipinski definition) is 8. The standard InChI is InChI=1S/C38H38F4N10O2/c1-36(2,3)23-51-35(54)50(24-44-51)30-13-11-29(12-14-30)49-19-17-48(18-20-49)28-9-5-25(6-10-28)26-7-16-33(43-22-26)38(41,42)37(4,52-34(53)45-46-47-52)31-15-8-27(39)21-32(31)40/h5-16,21-22,24H,17-20,23H2,1-4H3,(H,45,47,53)/t37-/m1/s1. The number of piperazine rings is 1. The van der Waals surface area contributed by atoms with E-state index in [1.165, 1.54) is 16.9 Å². The third kappa shape index (κ3) is 6.67. The normalized spacial score (nSPS) is 15.0. The first-order valence-electron chi connectivity index (χ1n) is 17.3. The maximum absolute atomic E-state index is 16.4. The highest BCUT2D eigenvalue weighted by molar-refractivity contribution is 5.66. The molecule has 1 fully saturated rings. The molecule has 0 spiro atoms. The number of nitrogens with one attached hydrogen (secondary N) is 1. The van der Waals surface area contributed by atoms with Gasteiger partial charge in [0.25, 0.3) is 0 Å². The van der Waals surface area contributed by atoms with Gasteiger partial charge in [-0.25, -0.2) is 32.7 Å². The number of hydrogen-bond donors (Lipinski definition) is 1. The summed E-state index contributed by atoms with van der Waals surface area (Å²) in [7, 11) is 0. The summed E-state index contributed by atoms with van der Waals surface area (Å²) >= 11 is 0. The molecule has 16 heteroatoms. The lowest BCUT2D eigenvalue weighted by Crippen LogP contribution is -2.52. The Bertz CT molecular complexity index is 2370. The maximum atomic E-state index is 16.4. The zero-order chi connectivity index (χ0) is 38.4. The lowest BCUT2D eigenvalue weighted by molar-refractivity contribution is -0.104. The zero-order valence-electron chi connectivity index (χ0n) is 30.0. The summed E-state index contributed by atoms with van der Waals surface area (Å²) in [5, 5.41) is 13.0. The molecule has 3 aromatic heterocycles. The first-order valence-corrected chi connectivity index (χ1v) is 17.3. The van der Waals surface area contributed by atoms with E-state index in [-0.39, 0.29) is 11.1 Å². The number of rotatable bonds is 9. The van der Waals surface area contributed by atoms with Gasteiger partial charge < -0.3 is 9.80 Å². The van der Waals surface area contributed by atoms with Crippen molar-refractivity contribution in [3.63, 3.8) is 0 Å². The van der Waals surface area contributed by atoms with Crippen LogP contribution in [0.1, 0.15) is 39.0 Å². The highest BCUT2D eigenvalue weighted by atomic mass is 19.3. The Balaban J connectivity index is 1.02. The second-order valence-corrected chi connectivity index (χ2v) is 14.7. The molecular formula is C38H38F4N10O2. The predicted molar refractivity (Wildman–Crippen MR) is 195 cm³/mol. The molecule has 4 heterocycles. The second-order valence-electron chi connectivity index (χ2n) is 14.7. The van der Waals surface area contributed by atoms with E-state index in [4.69, 9.17) is 0 Å². The summed E-state index contributed by atoms with van der Waals surface area (Å²) in [4.78, 5) is 33.9. The molecule has 1 N–H and O–H groups in total. The van der Waals surface area contributed by atoms with Gasteiger partial charge in [-0.05, 0) is 76.9 Å². The molecule has 3 aromatic carbocycles. The first kappa shape index (κ1) is 36.3. The van der Waals surface area contributed by atoms with Gasteiger partial charge in [0.15, 0.2) is 5.54 Å². The molecular weight excluding hydrogens is 704 g/mol. The van der Waals surface area contributed by atoms with E-state index in [9.17, 15) is 18.4 Å². The number of alkyl halides is 2. The van der Waals surface area contributed by atoms with Crippen LogP contribution in [0.15, 0.2) is 101 Å². The number of nitrogens with zero attached hydrogens (tertiary/aromatic N) is 9. The molecule has 6 aromatic rings. The average Bonchev–Trinajstić information content (AvgIpc) is 3.75. The summed E-state index contributed by atoms with van der Waals surface area (Å²) in [5.74, 6) is -6.26. The summed E-state index contributed by atoms with van der Waals surface area (Å²) < 4.78 is 64.9. The summed E-state index contributed by atoms with van der Waals surface area (Å²) in [6, 6.07) is 20.3. The average molecular weight is 743 g/mol. The number of anilines is 2. The molecule has 1 aliphatic heterocycles. The van der Waals surface area contributed by atoms with E-state index in [0.717, 1.165) is 73.9 Å². The minimum Gasteiger partial charge on any atom is -0.368 e. The van der Waals surface area contributed by atoms with Crippen LogP contribution in [0, 0.1) is 17.0 Å². The van der Waals surface area contributed by atoms with Gasteiger partial charge in [0.2, 0.25) is 0 Å². The van der Waals surface area contributed by atoms with Gasteiger partial charge in [-0.15, -0.1) is 0 Å². The number of benzene rings is 3. The fourth-order valence-electron chi connectivity index (χ4n) is 6.77. The van der Waals surface area contributed by atoms with Gasteiger partial charge in [-0.3, -0.25) is 4.98 Å². The van der Waals surface area contributed by atoms with Crippen molar-refractivity contribution in [2.75, 3.05) is 36.0 Å². The van der Waals surface area contributed by atoms with Crippen molar-refractivity contribution in [1.82, 2.24) is 39.5 Å². The number of aromatic amines is 1. The number of H-pyrrole nitrogens is 1. The van der Waals surface area contributed by atoms with Gasteiger partial charge in [-0.2, -0.15) is 18.6 Å². The van der Waals surface area contributed by atoms with Crippen LogP contribution >= 0.6 is 0 Å². The van der Waals surface area contributed by atoms with Gasteiger partial charge in [-0.1, -0.05) is 45.0 Å².